The molecule has 0 radical (unpaired) electrons. The van der Waals surface area contributed by atoms with Gasteiger partial charge in [-0.3, -0.25) is 0 Å². The molecule has 0 amide bonds. The summed E-state index contributed by atoms with van der Waals surface area (Å²) in [6.07, 6.45) is 0. The summed E-state index contributed by atoms with van der Waals surface area (Å²) in [7, 11) is 1.02. The average Bonchev–Trinajstić information content (AvgIpc) is 3.05. The molecule has 6 heteroatoms. The Morgan fingerprint density at radius 3 is 1.70 bits per heavy atom. The van der Waals surface area contributed by atoms with E-state index in [-0.39, 0.29) is 51.8 Å². The molecule has 3 aromatic rings. The minimum atomic E-state index is -0.760. The van der Waals surface area contributed by atoms with Crippen LogP contribution in [-0.2, 0) is 31.3 Å². The summed E-state index contributed by atoms with van der Waals surface area (Å²) in [6, 6.07) is 23.5. The summed E-state index contributed by atoms with van der Waals surface area (Å²) < 4.78 is 5.64. The number of ether oxygens (including phenoxy) is 1. The third-order valence-corrected chi connectivity index (χ3v) is 13.7. The minimum absolute atomic E-state index is 0. The van der Waals surface area contributed by atoms with Gasteiger partial charge in [0, 0.05) is 0 Å². The van der Waals surface area contributed by atoms with Crippen molar-refractivity contribution in [3.63, 3.8) is 0 Å². The van der Waals surface area contributed by atoms with E-state index in [0.717, 1.165) is 5.75 Å². The Hall–Kier alpha value is -1.26. The monoisotopic (exact) mass is 702 g/mol. The second-order valence-corrected chi connectivity index (χ2v) is 17.7. The van der Waals surface area contributed by atoms with E-state index in [0.29, 0.717) is 5.54 Å². The first-order valence-corrected chi connectivity index (χ1v) is 17.3. The van der Waals surface area contributed by atoms with Gasteiger partial charge in [-0.25, -0.2) is 0 Å². The molecule has 0 saturated heterocycles. The van der Waals surface area contributed by atoms with Crippen LogP contribution in [0.15, 0.2) is 77.4 Å². The molecule has 0 fully saturated rings. The van der Waals surface area contributed by atoms with Crippen molar-refractivity contribution in [2.24, 2.45) is 0 Å². The van der Waals surface area contributed by atoms with E-state index in [1.54, 1.807) is 7.11 Å². The van der Waals surface area contributed by atoms with E-state index in [1.165, 1.54) is 60.9 Å². The average molecular weight is 704 g/mol. The number of aryl methyl sites for hydroxylation is 2. The molecule has 0 N–H and O–H groups in total. The van der Waals surface area contributed by atoms with E-state index >= 15 is 0 Å². The van der Waals surface area contributed by atoms with Crippen LogP contribution in [-0.4, -0.2) is 16.6 Å². The Balaban J connectivity index is 0.00000323. The SMILES string of the molecule is COc1cccc(C([SiH2]c2cc(C)cc(C)c2)[C]2([Ti+3])C(C)=C(C)C(C)=C2c2cc(C(C)(C)C)cc(C(C)(C)C)c2)c1.[Cl-].[Cl-].[Cl-]. The first-order valence-electron chi connectivity index (χ1n) is 15.0. The smallest absolute Gasteiger partial charge is 1.00 e. The van der Waals surface area contributed by atoms with Gasteiger partial charge in [-0.15, -0.1) is 0 Å². The topological polar surface area (TPSA) is 9.23 Å². The minimum Gasteiger partial charge on any atom is -1.00 e. The molecule has 0 aromatic heterocycles. The van der Waals surface area contributed by atoms with Crippen LogP contribution >= 0.6 is 0 Å². The number of allylic oxidation sites excluding steroid dienone is 4. The maximum atomic E-state index is 5.77. The van der Waals surface area contributed by atoms with Crippen molar-refractivity contribution in [2.45, 2.75) is 96.3 Å². The summed E-state index contributed by atoms with van der Waals surface area (Å²) in [4.78, 5) is 0. The molecule has 0 aliphatic heterocycles. The van der Waals surface area contributed by atoms with Gasteiger partial charge in [0.15, 0.2) is 0 Å². The van der Waals surface area contributed by atoms with E-state index in [4.69, 9.17) is 4.74 Å². The van der Waals surface area contributed by atoms with Crippen LogP contribution in [0.1, 0.15) is 101 Å². The molecule has 0 spiro atoms. The van der Waals surface area contributed by atoms with E-state index in [1.807, 2.05) is 0 Å². The van der Waals surface area contributed by atoms with Crippen molar-refractivity contribution < 1.29 is 62.4 Å². The second-order valence-electron chi connectivity index (χ2n) is 14.4. The van der Waals surface area contributed by atoms with Crippen LogP contribution < -0.4 is 47.1 Å². The molecule has 4 rings (SSSR count). The summed E-state index contributed by atoms with van der Waals surface area (Å²) >= 11 is 2.54. The fourth-order valence-corrected chi connectivity index (χ4v) is 10.8. The molecule has 0 saturated carbocycles. The molecule has 3 aromatic carbocycles. The summed E-state index contributed by atoms with van der Waals surface area (Å²) in [5.74, 6) is 0.939. The van der Waals surface area contributed by atoms with Gasteiger partial charge in [0.2, 0.25) is 0 Å². The molecule has 2 atom stereocenters. The Bertz CT molecular complexity index is 1490. The molecule has 0 bridgehead atoms. The van der Waals surface area contributed by atoms with Gasteiger partial charge in [-0.1, -0.05) is 0 Å². The molecule has 1 nitrogen and oxygen atoms in total. The number of methoxy groups -OCH3 is 1. The number of halogens is 3. The zero-order valence-electron chi connectivity index (χ0n) is 28.6. The molecule has 1 aliphatic carbocycles. The van der Waals surface area contributed by atoms with E-state index < -0.39 is 9.52 Å². The van der Waals surface area contributed by atoms with Gasteiger partial charge in [0.25, 0.3) is 0 Å². The van der Waals surface area contributed by atoms with Crippen LogP contribution in [0.25, 0.3) is 5.57 Å². The third kappa shape index (κ3) is 8.17. The van der Waals surface area contributed by atoms with Gasteiger partial charge < -0.3 is 37.2 Å². The summed E-state index contributed by atoms with van der Waals surface area (Å²) in [5.41, 5.74) is 14.7. The molecule has 0 heterocycles. The largest absolute Gasteiger partial charge is 1.00 e. The Morgan fingerprint density at radius 1 is 0.705 bits per heavy atom. The van der Waals surface area contributed by atoms with Gasteiger partial charge in [-0.05, 0) is 0 Å². The normalized spacial score (nSPS) is 17.8. The maximum absolute atomic E-state index is 5.77. The molecule has 2 unspecified atom stereocenters. The maximum Gasteiger partial charge on any atom is -1.00 e. The fourth-order valence-electron chi connectivity index (χ4n) is 6.57. The van der Waals surface area contributed by atoms with Gasteiger partial charge in [0.05, 0.1) is 0 Å². The zero-order chi connectivity index (χ0) is 30.5. The number of rotatable bonds is 6. The first-order chi connectivity index (χ1) is 19.0. The molecule has 1 aliphatic rings. The Labute approximate surface area is 300 Å². The van der Waals surface area contributed by atoms with Crippen molar-refractivity contribution in [2.75, 3.05) is 7.11 Å². The van der Waals surface area contributed by atoms with Crippen LogP contribution in [0.3, 0.4) is 0 Å². The van der Waals surface area contributed by atoms with Crippen molar-refractivity contribution in [3.05, 3.63) is 111 Å². The molecular formula is C38H49Cl3OSiTi. The van der Waals surface area contributed by atoms with Gasteiger partial charge in [0.1, 0.15) is 0 Å². The number of benzene rings is 3. The zero-order valence-corrected chi connectivity index (χ0v) is 33.8. The van der Waals surface area contributed by atoms with Gasteiger partial charge in [-0.2, -0.15) is 0 Å². The quantitative estimate of drug-likeness (QED) is 0.329. The number of hydrogen-bond donors (Lipinski definition) is 0. The predicted octanol–water partition coefficient (Wildman–Crippen LogP) is -0.0164. The van der Waals surface area contributed by atoms with Crippen LogP contribution in [0.4, 0.5) is 0 Å². The number of hydrogen-bond acceptors (Lipinski definition) is 1. The van der Waals surface area contributed by atoms with Crippen molar-refractivity contribution >= 4 is 20.3 Å². The van der Waals surface area contributed by atoms with Crippen molar-refractivity contribution in [1.29, 1.82) is 0 Å². The first kappa shape index (κ1) is 40.8. The Morgan fingerprint density at radius 2 is 1.23 bits per heavy atom. The van der Waals surface area contributed by atoms with E-state index in [2.05, 4.69) is 157 Å². The molecule has 44 heavy (non-hydrogen) atoms. The summed E-state index contributed by atoms with van der Waals surface area (Å²) in [6.45, 7) is 25.6. The van der Waals surface area contributed by atoms with Gasteiger partial charge >= 0.3 is 265 Å². The van der Waals surface area contributed by atoms with E-state index in [9.17, 15) is 0 Å². The fraction of sp³-hybridized carbons (Fsp3) is 0.421. The van der Waals surface area contributed by atoms with Crippen LogP contribution in [0, 0.1) is 13.8 Å². The van der Waals surface area contributed by atoms with Crippen molar-refractivity contribution in [3.8, 4) is 5.75 Å². The summed E-state index contributed by atoms with van der Waals surface area (Å²) in [5, 5.41) is 1.53. The molecule has 236 valence electrons. The van der Waals surface area contributed by atoms with Crippen molar-refractivity contribution in [1.82, 2.24) is 0 Å². The predicted molar refractivity (Wildman–Crippen MR) is 177 cm³/mol. The second kappa shape index (κ2) is 15.1. The molecular weight excluding hydrogens is 655 g/mol. The Kier molecular flexibility index (Phi) is 14.0. The third-order valence-electron chi connectivity index (χ3n) is 9.18. The van der Waals surface area contributed by atoms with Crippen LogP contribution in [0.5, 0.6) is 5.75 Å². The van der Waals surface area contributed by atoms with Crippen LogP contribution in [0.2, 0.25) is 3.72 Å². The standard InChI is InChI=1S/C38H49OSi.3ClH.Ti/c1-23-16-24(2)18-33(17-23)40-36(28-14-13-15-32(21-28)39-12)35-27(5)25(3)26(4)34(35)29-19-30(37(6,7)8)22-31(20-29)38(9,10)11;;;;/h13-22,36H,40H2,1-12H3;3*1H;/q;;;;+3/p-3.